The molecule has 0 aliphatic heterocycles. The molecule has 9 N–H and O–H groups in total. The number of amides is 3. The Kier molecular flexibility index (Phi) is 12.6. The summed E-state index contributed by atoms with van der Waals surface area (Å²) in [6, 6.07) is -5.96. The van der Waals surface area contributed by atoms with Crippen molar-refractivity contribution in [3.05, 3.63) is 0 Å². The highest BCUT2D eigenvalue weighted by atomic mass is 16.4. The van der Waals surface area contributed by atoms with Gasteiger partial charge in [0.05, 0.1) is 18.6 Å². The van der Waals surface area contributed by atoms with E-state index in [2.05, 4.69) is 10.6 Å². The molecule has 0 aromatic heterocycles. The number of aliphatic carboxylic acids is 3. The van der Waals surface area contributed by atoms with Gasteiger partial charge in [-0.3, -0.25) is 24.0 Å². The fraction of sp³-hybridized carbons (Fsp3) is 0.684. The maximum absolute atomic E-state index is 12.7. The van der Waals surface area contributed by atoms with Crippen LogP contribution < -0.4 is 21.7 Å². The zero-order chi connectivity index (χ0) is 25.9. The summed E-state index contributed by atoms with van der Waals surface area (Å²) in [4.78, 5) is 70.4. The number of carbonyl (C=O) groups excluding carboxylic acids is 3. The molecule has 33 heavy (non-hydrogen) atoms. The van der Waals surface area contributed by atoms with E-state index >= 15 is 0 Å². The molecule has 0 aliphatic rings. The van der Waals surface area contributed by atoms with Crippen LogP contribution in [0.5, 0.6) is 0 Å². The SMILES string of the molecule is CC[C@H](C)[C@H](N)C(=O)N[C@@H](CCC(=O)O)C(=O)N[C@H](C(=O)N[C@@H](CC(=O)O)C(=O)O)[C@@H](C)O. The Labute approximate surface area is 189 Å². The summed E-state index contributed by atoms with van der Waals surface area (Å²) in [5.74, 6) is -7.58. The molecule has 0 bridgehead atoms. The van der Waals surface area contributed by atoms with Gasteiger partial charge in [0.15, 0.2) is 0 Å². The largest absolute Gasteiger partial charge is 0.481 e. The lowest BCUT2D eigenvalue weighted by Gasteiger charge is -2.27. The summed E-state index contributed by atoms with van der Waals surface area (Å²) in [6.07, 6.45) is -2.81. The Bertz CT molecular complexity index is 742. The summed E-state index contributed by atoms with van der Waals surface area (Å²) in [5, 5.41) is 43.0. The molecule has 0 rings (SSSR count). The molecule has 0 radical (unpaired) electrons. The third-order valence-corrected chi connectivity index (χ3v) is 4.90. The van der Waals surface area contributed by atoms with Gasteiger partial charge in [-0.1, -0.05) is 20.3 Å². The van der Waals surface area contributed by atoms with Gasteiger partial charge in [0.25, 0.3) is 0 Å². The molecule has 6 atom stereocenters. The maximum atomic E-state index is 12.7. The molecule has 14 nitrogen and oxygen atoms in total. The second-order valence-corrected chi connectivity index (χ2v) is 7.63. The van der Waals surface area contributed by atoms with Crippen molar-refractivity contribution in [3.63, 3.8) is 0 Å². The normalized spacial score (nSPS) is 16.3. The Morgan fingerprint density at radius 2 is 1.36 bits per heavy atom. The predicted octanol–water partition coefficient (Wildman–Crippen LogP) is -2.38. The highest BCUT2D eigenvalue weighted by molar-refractivity contribution is 5.95. The Morgan fingerprint density at radius 3 is 1.79 bits per heavy atom. The van der Waals surface area contributed by atoms with Gasteiger partial charge >= 0.3 is 17.9 Å². The average Bonchev–Trinajstić information content (AvgIpc) is 2.71. The fourth-order valence-electron chi connectivity index (χ4n) is 2.61. The minimum atomic E-state index is -1.83. The van der Waals surface area contributed by atoms with Gasteiger partial charge in [-0.05, 0) is 19.3 Å². The molecule has 0 spiro atoms. The van der Waals surface area contributed by atoms with Gasteiger partial charge in [0, 0.05) is 6.42 Å². The van der Waals surface area contributed by atoms with Crippen molar-refractivity contribution >= 4 is 35.6 Å². The van der Waals surface area contributed by atoms with Gasteiger partial charge in [-0.25, -0.2) is 4.79 Å². The molecule has 188 valence electrons. The summed E-state index contributed by atoms with van der Waals surface area (Å²) >= 11 is 0. The Hall–Kier alpha value is -3.26. The number of carboxylic acid groups (broad SMARTS) is 3. The zero-order valence-corrected chi connectivity index (χ0v) is 18.6. The monoisotopic (exact) mass is 476 g/mol. The number of carboxylic acids is 3. The lowest BCUT2D eigenvalue weighted by atomic mass is 9.98. The quantitative estimate of drug-likeness (QED) is 0.124. The molecule has 0 aliphatic carbocycles. The second-order valence-electron chi connectivity index (χ2n) is 7.63. The topological polar surface area (TPSA) is 245 Å². The van der Waals surface area contributed by atoms with E-state index < -0.39 is 78.7 Å². The smallest absolute Gasteiger partial charge is 0.326 e. The first-order valence-electron chi connectivity index (χ1n) is 10.2. The van der Waals surface area contributed by atoms with Crippen molar-refractivity contribution in [3.8, 4) is 0 Å². The summed E-state index contributed by atoms with van der Waals surface area (Å²) < 4.78 is 0. The Balaban J connectivity index is 5.54. The van der Waals surface area contributed by atoms with Crippen molar-refractivity contribution in [1.82, 2.24) is 16.0 Å². The number of aliphatic hydroxyl groups is 1. The van der Waals surface area contributed by atoms with Gasteiger partial charge < -0.3 is 42.1 Å². The molecule has 0 aromatic carbocycles. The molecule has 0 unspecified atom stereocenters. The van der Waals surface area contributed by atoms with Gasteiger partial charge in [0.1, 0.15) is 18.1 Å². The van der Waals surface area contributed by atoms with E-state index in [0.717, 1.165) is 6.92 Å². The molecule has 0 fully saturated rings. The summed E-state index contributed by atoms with van der Waals surface area (Å²) in [6.45, 7) is 4.62. The van der Waals surface area contributed by atoms with Crippen LogP contribution in [0, 0.1) is 5.92 Å². The van der Waals surface area contributed by atoms with Gasteiger partial charge in [-0.15, -0.1) is 0 Å². The van der Waals surface area contributed by atoms with Crippen LogP contribution in [-0.4, -0.2) is 86.3 Å². The van der Waals surface area contributed by atoms with Crippen LogP contribution in [0.4, 0.5) is 0 Å². The first-order valence-corrected chi connectivity index (χ1v) is 10.2. The van der Waals surface area contributed by atoms with Crippen molar-refractivity contribution in [1.29, 1.82) is 0 Å². The van der Waals surface area contributed by atoms with Crippen LogP contribution in [-0.2, 0) is 28.8 Å². The van der Waals surface area contributed by atoms with E-state index in [1.807, 2.05) is 5.32 Å². The number of carbonyl (C=O) groups is 6. The standard InChI is InChI=1S/C19H32N4O10/c1-4-8(2)14(20)17(30)21-10(5-6-12(25)26)16(29)23-15(9(3)24)18(31)22-11(19(32)33)7-13(27)28/h8-11,14-15,24H,4-7,20H2,1-3H3,(H,21,30)(H,22,31)(H,23,29)(H,25,26)(H,27,28)(H,32,33)/t8-,9+,10-,11-,14-,15-/m0/s1. The zero-order valence-electron chi connectivity index (χ0n) is 18.6. The average molecular weight is 476 g/mol. The lowest BCUT2D eigenvalue weighted by Crippen LogP contribution is -2.60. The summed E-state index contributed by atoms with van der Waals surface area (Å²) in [7, 11) is 0. The molecule has 0 saturated carbocycles. The molecule has 3 amide bonds. The van der Waals surface area contributed by atoms with Crippen molar-refractivity contribution < 1.29 is 49.2 Å². The highest BCUT2D eigenvalue weighted by Crippen LogP contribution is 2.08. The molecule has 0 aromatic rings. The fourth-order valence-corrected chi connectivity index (χ4v) is 2.61. The number of hydrogen-bond acceptors (Lipinski definition) is 8. The van der Waals surface area contributed by atoms with Crippen LogP contribution >= 0.6 is 0 Å². The molecular weight excluding hydrogens is 444 g/mol. The third kappa shape index (κ3) is 10.7. The number of nitrogens with one attached hydrogen (secondary N) is 3. The van der Waals surface area contributed by atoms with Gasteiger partial charge in [0.2, 0.25) is 17.7 Å². The first-order chi connectivity index (χ1) is 15.2. The van der Waals surface area contributed by atoms with Crippen LogP contribution in [0.2, 0.25) is 0 Å². The van der Waals surface area contributed by atoms with Crippen molar-refractivity contribution in [2.24, 2.45) is 11.7 Å². The maximum Gasteiger partial charge on any atom is 0.326 e. The van der Waals surface area contributed by atoms with E-state index in [1.165, 1.54) is 0 Å². The van der Waals surface area contributed by atoms with E-state index in [9.17, 15) is 33.9 Å². The number of rotatable bonds is 15. The second kappa shape index (κ2) is 14.0. The number of aliphatic hydroxyl groups excluding tert-OH is 1. The number of nitrogens with two attached hydrogens (primary N) is 1. The minimum absolute atomic E-state index is 0.244. The molecule has 0 heterocycles. The first kappa shape index (κ1) is 29.7. The van der Waals surface area contributed by atoms with Crippen LogP contribution in [0.3, 0.4) is 0 Å². The molecule has 0 saturated heterocycles. The van der Waals surface area contributed by atoms with Crippen LogP contribution in [0.15, 0.2) is 0 Å². The molecule has 14 heteroatoms. The molecular formula is C19H32N4O10. The van der Waals surface area contributed by atoms with Crippen molar-refractivity contribution in [2.75, 3.05) is 0 Å². The Morgan fingerprint density at radius 1 is 0.818 bits per heavy atom. The van der Waals surface area contributed by atoms with Crippen LogP contribution in [0.25, 0.3) is 0 Å². The van der Waals surface area contributed by atoms with E-state index in [1.54, 1.807) is 13.8 Å². The highest BCUT2D eigenvalue weighted by Gasteiger charge is 2.33. The van der Waals surface area contributed by atoms with Crippen LogP contribution in [0.1, 0.15) is 46.5 Å². The summed E-state index contributed by atoms with van der Waals surface area (Å²) in [5.41, 5.74) is 5.83. The lowest BCUT2D eigenvalue weighted by molar-refractivity contribution is -0.148. The van der Waals surface area contributed by atoms with E-state index in [0.29, 0.717) is 6.42 Å². The van der Waals surface area contributed by atoms with E-state index in [4.69, 9.17) is 21.1 Å². The third-order valence-electron chi connectivity index (χ3n) is 4.90. The van der Waals surface area contributed by atoms with Gasteiger partial charge in [-0.2, -0.15) is 0 Å². The minimum Gasteiger partial charge on any atom is -0.481 e. The number of hydrogen-bond donors (Lipinski definition) is 8. The van der Waals surface area contributed by atoms with E-state index in [-0.39, 0.29) is 12.3 Å². The van der Waals surface area contributed by atoms with Crippen molar-refractivity contribution in [2.45, 2.75) is 76.7 Å². The predicted molar refractivity (Wildman–Crippen MR) is 112 cm³/mol.